The summed E-state index contributed by atoms with van der Waals surface area (Å²) >= 11 is 3.16. The Morgan fingerprint density at radius 3 is 2.44 bits per heavy atom. The third kappa shape index (κ3) is 3.13. The van der Waals surface area contributed by atoms with Gasteiger partial charge in [-0.2, -0.15) is 0 Å². The minimum atomic E-state index is -0.822. The topological polar surface area (TPSA) is 63.6 Å². The fourth-order valence-corrected chi connectivity index (χ4v) is 2.39. The average Bonchev–Trinajstić information content (AvgIpc) is 2.80. The van der Waals surface area contributed by atoms with Crippen molar-refractivity contribution in [2.75, 3.05) is 0 Å². The molecule has 0 aromatic rings. The maximum Gasteiger partial charge on any atom is 0.345 e. The molecular weight excluding hydrogens is 300 g/mol. The van der Waals surface area contributed by atoms with Gasteiger partial charge < -0.3 is 9.84 Å². The van der Waals surface area contributed by atoms with Crippen molar-refractivity contribution in [3.8, 4) is 0 Å². The number of aliphatic carboxylic acids is 1. The second kappa shape index (κ2) is 5.43. The van der Waals surface area contributed by atoms with Gasteiger partial charge in [0, 0.05) is 0 Å². The maximum atomic E-state index is 11.7. The number of rotatable bonds is 5. The lowest BCUT2D eigenvalue weighted by Gasteiger charge is -2.10. The minimum absolute atomic E-state index is 0.131. The van der Waals surface area contributed by atoms with Crippen molar-refractivity contribution < 1.29 is 19.4 Å². The summed E-state index contributed by atoms with van der Waals surface area (Å²) in [7, 11) is 0. The second-order valence-electron chi connectivity index (χ2n) is 5.30. The Kier molecular flexibility index (Phi) is 4.59. The van der Waals surface area contributed by atoms with E-state index in [1.807, 2.05) is 27.7 Å². The van der Waals surface area contributed by atoms with E-state index in [9.17, 15) is 9.59 Å². The summed E-state index contributed by atoms with van der Waals surface area (Å²) in [5.41, 5.74) is -0.304. The van der Waals surface area contributed by atoms with Gasteiger partial charge in [-0.25, -0.2) is 4.79 Å². The van der Waals surface area contributed by atoms with Gasteiger partial charge in [0.05, 0.1) is 16.5 Å². The zero-order chi connectivity index (χ0) is 14.1. The highest BCUT2D eigenvalue weighted by atomic mass is 79.9. The van der Waals surface area contributed by atoms with Gasteiger partial charge in [0.25, 0.3) is 0 Å². The van der Waals surface area contributed by atoms with Crippen molar-refractivity contribution in [1.29, 1.82) is 0 Å². The molecule has 0 amide bonds. The van der Waals surface area contributed by atoms with Crippen LogP contribution in [0.4, 0.5) is 0 Å². The Labute approximate surface area is 116 Å². The summed E-state index contributed by atoms with van der Waals surface area (Å²) in [5, 5.41) is 9.03. The van der Waals surface area contributed by atoms with E-state index in [1.54, 1.807) is 6.08 Å². The van der Waals surface area contributed by atoms with E-state index >= 15 is 0 Å². The highest BCUT2D eigenvalue weighted by Crippen LogP contribution is 2.59. The Morgan fingerprint density at radius 1 is 1.50 bits per heavy atom. The smallest absolute Gasteiger partial charge is 0.345 e. The summed E-state index contributed by atoms with van der Waals surface area (Å²) < 4.78 is 5.46. The molecule has 0 radical (unpaired) electrons. The molecule has 0 heterocycles. The predicted octanol–water partition coefficient (Wildman–Crippen LogP) is 2.96. The van der Waals surface area contributed by atoms with Crippen LogP contribution in [0.5, 0.6) is 0 Å². The molecule has 0 bridgehead atoms. The largest absolute Gasteiger partial charge is 0.481 e. The highest BCUT2D eigenvalue weighted by molar-refractivity contribution is 9.12. The first-order valence-corrected chi connectivity index (χ1v) is 6.82. The number of ether oxygens (including phenoxy) is 1. The molecule has 1 N–H and O–H groups in total. The number of carboxylic acid groups (broad SMARTS) is 1. The first-order chi connectivity index (χ1) is 8.21. The number of allylic oxidation sites excluding steroid dienone is 1. The number of hydrogen-bond acceptors (Lipinski definition) is 3. The van der Waals surface area contributed by atoms with Gasteiger partial charge in [0.2, 0.25) is 0 Å². The van der Waals surface area contributed by atoms with Gasteiger partial charge >= 0.3 is 11.9 Å². The molecular formula is C13H19BrO4. The summed E-state index contributed by atoms with van der Waals surface area (Å²) in [6.45, 7) is 7.51. The van der Waals surface area contributed by atoms with E-state index in [2.05, 4.69) is 15.9 Å². The van der Waals surface area contributed by atoms with Crippen LogP contribution in [0.25, 0.3) is 0 Å². The molecule has 0 saturated heterocycles. The van der Waals surface area contributed by atoms with Gasteiger partial charge in [0.1, 0.15) is 0 Å². The molecule has 0 aliphatic heterocycles. The molecule has 0 spiro atoms. The Morgan fingerprint density at radius 2 is 2.06 bits per heavy atom. The quantitative estimate of drug-likeness (QED) is 0.625. The molecule has 3 atom stereocenters. The van der Waals surface area contributed by atoms with Crippen molar-refractivity contribution in [2.24, 2.45) is 17.3 Å². The number of carbonyl (C=O) groups excluding carboxylic acids is 1. The third-order valence-electron chi connectivity index (χ3n) is 3.58. The molecule has 18 heavy (non-hydrogen) atoms. The van der Waals surface area contributed by atoms with Gasteiger partial charge in [-0.05, 0) is 40.6 Å². The second-order valence-corrected chi connectivity index (χ2v) is 6.16. The van der Waals surface area contributed by atoms with E-state index in [-0.39, 0.29) is 17.4 Å². The van der Waals surface area contributed by atoms with Gasteiger partial charge in [-0.1, -0.05) is 26.8 Å². The van der Waals surface area contributed by atoms with E-state index in [0.717, 1.165) is 6.42 Å². The summed E-state index contributed by atoms with van der Waals surface area (Å²) in [6.07, 6.45) is 2.27. The zero-order valence-electron chi connectivity index (χ0n) is 11.1. The fourth-order valence-electron chi connectivity index (χ4n) is 2.01. The molecule has 1 unspecified atom stereocenters. The Bertz CT molecular complexity index is 386. The van der Waals surface area contributed by atoms with Crippen molar-refractivity contribution >= 4 is 27.9 Å². The first kappa shape index (κ1) is 15.2. The number of hydrogen-bond donors (Lipinski definition) is 1. The third-order valence-corrected chi connectivity index (χ3v) is 4.17. The number of carboxylic acids is 1. The van der Waals surface area contributed by atoms with E-state index in [0.29, 0.717) is 4.48 Å². The SMILES string of the molecule is CCC(C)OC(=O)/C(Br)=C/[C@H]1[C@@H](C(=O)O)C1(C)C. The lowest BCUT2D eigenvalue weighted by molar-refractivity contribution is -0.143. The predicted molar refractivity (Wildman–Crippen MR) is 71.3 cm³/mol. The normalized spacial score (nSPS) is 27.5. The van der Waals surface area contributed by atoms with Crippen molar-refractivity contribution in [1.82, 2.24) is 0 Å². The van der Waals surface area contributed by atoms with Crippen LogP contribution in [-0.2, 0) is 14.3 Å². The fraction of sp³-hybridized carbons (Fsp3) is 0.692. The molecule has 0 aromatic carbocycles. The van der Waals surface area contributed by atoms with Gasteiger partial charge in [-0.15, -0.1) is 0 Å². The van der Waals surface area contributed by atoms with Crippen LogP contribution in [0, 0.1) is 17.3 Å². The van der Waals surface area contributed by atoms with Crippen LogP contribution in [0.1, 0.15) is 34.1 Å². The number of carbonyl (C=O) groups is 2. The average molecular weight is 319 g/mol. The monoisotopic (exact) mass is 318 g/mol. The van der Waals surface area contributed by atoms with Crippen molar-refractivity contribution in [3.05, 3.63) is 10.6 Å². The minimum Gasteiger partial charge on any atom is -0.481 e. The molecule has 1 aliphatic rings. The standard InChI is InChI=1S/C13H19BrO4/c1-5-7(2)18-12(17)9(14)6-8-10(11(15)16)13(8,3)4/h6-8,10H,5H2,1-4H3,(H,15,16)/b9-6-/t7?,8-,10-/m0/s1. The van der Waals surface area contributed by atoms with Crippen LogP contribution in [0.2, 0.25) is 0 Å². The molecule has 1 aliphatic carbocycles. The van der Waals surface area contributed by atoms with Crippen molar-refractivity contribution in [3.63, 3.8) is 0 Å². The van der Waals surface area contributed by atoms with E-state index < -0.39 is 17.9 Å². The molecule has 5 heteroatoms. The molecule has 0 aromatic heterocycles. The van der Waals surface area contributed by atoms with E-state index in [1.165, 1.54) is 0 Å². The van der Waals surface area contributed by atoms with Crippen LogP contribution < -0.4 is 0 Å². The van der Waals surface area contributed by atoms with E-state index in [4.69, 9.17) is 9.84 Å². The summed E-state index contributed by atoms with van der Waals surface area (Å²) in [6, 6.07) is 0. The molecule has 4 nitrogen and oxygen atoms in total. The van der Waals surface area contributed by atoms with Gasteiger partial charge in [0.15, 0.2) is 0 Å². The highest BCUT2D eigenvalue weighted by Gasteiger charge is 2.61. The molecule has 102 valence electrons. The molecule has 1 fully saturated rings. The Hall–Kier alpha value is -0.840. The first-order valence-electron chi connectivity index (χ1n) is 6.02. The number of halogens is 1. The van der Waals surface area contributed by atoms with Crippen LogP contribution in [-0.4, -0.2) is 23.1 Å². The summed E-state index contributed by atoms with van der Waals surface area (Å²) in [5.74, 6) is -1.82. The number of esters is 1. The summed E-state index contributed by atoms with van der Waals surface area (Å²) in [4.78, 5) is 22.7. The molecule has 1 rings (SSSR count). The lowest BCUT2D eigenvalue weighted by atomic mass is 10.1. The van der Waals surface area contributed by atoms with Crippen LogP contribution in [0.15, 0.2) is 10.6 Å². The Balaban J connectivity index is 2.68. The van der Waals surface area contributed by atoms with Crippen molar-refractivity contribution in [2.45, 2.75) is 40.2 Å². The zero-order valence-corrected chi connectivity index (χ0v) is 12.7. The maximum absolute atomic E-state index is 11.7. The van der Waals surface area contributed by atoms with Crippen LogP contribution in [0.3, 0.4) is 0 Å². The molecule has 1 saturated carbocycles. The van der Waals surface area contributed by atoms with Crippen LogP contribution >= 0.6 is 15.9 Å². The lowest BCUT2D eigenvalue weighted by Crippen LogP contribution is -2.13. The van der Waals surface area contributed by atoms with Gasteiger partial charge in [-0.3, -0.25) is 4.79 Å².